The number of hydrogen-bond donors (Lipinski definition) is 0. The first kappa shape index (κ1) is 22.5. The predicted octanol–water partition coefficient (Wildman–Crippen LogP) is 5.21. The topological polar surface area (TPSA) is 74.3 Å². The van der Waals surface area contributed by atoms with E-state index in [-0.39, 0.29) is 11.0 Å². The van der Waals surface area contributed by atoms with Gasteiger partial charge in [0.15, 0.2) is 11.2 Å². The molecule has 2 aromatic carbocycles. The second kappa shape index (κ2) is 9.54. The van der Waals surface area contributed by atoms with Gasteiger partial charge in [-0.3, -0.25) is 9.69 Å². The van der Waals surface area contributed by atoms with Crippen LogP contribution in [0.1, 0.15) is 16.9 Å². The Morgan fingerprint density at radius 2 is 1.74 bits per heavy atom. The lowest BCUT2D eigenvalue weighted by Gasteiger charge is -2.26. The van der Waals surface area contributed by atoms with Gasteiger partial charge in [0.1, 0.15) is 16.9 Å². The summed E-state index contributed by atoms with van der Waals surface area (Å²) in [6.07, 6.45) is 5.23. The third-order valence-corrected chi connectivity index (χ3v) is 6.23. The Balaban J connectivity index is 1.75. The summed E-state index contributed by atoms with van der Waals surface area (Å²) in [6.45, 7) is 3.15. The van der Waals surface area contributed by atoms with Crippen LogP contribution in [0.3, 0.4) is 0 Å². The van der Waals surface area contributed by atoms with Crippen LogP contribution >= 0.6 is 11.6 Å². The van der Waals surface area contributed by atoms with E-state index < -0.39 is 0 Å². The lowest BCUT2D eigenvalue weighted by Crippen LogP contribution is -2.37. The van der Waals surface area contributed by atoms with E-state index in [1.165, 1.54) is 20.5 Å². The summed E-state index contributed by atoms with van der Waals surface area (Å²) >= 11 is 6.01. The summed E-state index contributed by atoms with van der Waals surface area (Å²) in [5.41, 5.74) is 2.05. The second-order valence-corrected chi connectivity index (χ2v) is 8.42. The van der Waals surface area contributed by atoms with Gasteiger partial charge >= 0.3 is 0 Å². The number of methoxy groups -OCH3 is 2. The van der Waals surface area contributed by atoms with Gasteiger partial charge in [0.25, 0.3) is 0 Å². The molecule has 4 aromatic rings. The average Bonchev–Trinajstić information content (AvgIpc) is 3.34. The quantitative estimate of drug-likeness (QED) is 0.374. The maximum absolute atomic E-state index is 14.0. The number of hydrogen-bond acceptors (Lipinski definition) is 7. The molecule has 1 saturated heterocycles. The average molecular weight is 482 g/mol. The highest BCUT2D eigenvalue weighted by atomic mass is 35.5. The van der Waals surface area contributed by atoms with Gasteiger partial charge in [-0.25, -0.2) is 0 Å². The van der Waals surface area contributed by atoms with Crippen molar-refractivity contribution >= 4 is 45.7 Å². The van der Waals surface area contributed by atoms with E-state index in [0.29, 0.717) is 64.0 Å². The van der Waals surface area contributed by atoms with Crippen LogP contribution in [0.25, 0.3) is 34.1 Å². The monoisotopic (exact) mass is 481 g/mol. The van der Waals surface area contributed by atoms with Crippen LogP contribution in [0.2, 0.25) is 5.02 Å². The van der Waals surface area contributed by atoms with Gasteiger partial charge in [-0.15, -0.1) is 0 Å². The molecule has 0 amide bonds. The highest BCUT2D eigenvalue weighted by Crippen LogP contribution is 2.42. The molecule has 1 aliphatic heterocycles. The Kier molecular flexibility index (Phi) is 6.32. The molecule has 2 aromatic heterocycles. The smallest absolute Gasteiger partial charge is 0.206 e. The number of halogens is 1. The molecule has 1 aliphatic rings. The molecule has 0 N–H and O–H groups in total. The van der Waals surface area contributed by atoms with Gasteiger partial charge < -0.3 is 23.0 Å². The fourth-order valence-electron chi connectivity index (χ4n) is 4.27. The highest BCUT2D eigenvalue weighted by Gasteiger charge is 2.26. The van der Waals surface area contributed by atoms with Crippen LogP contribution in [0.5, 0.6) is 11.5 Å². The van der Waals surface area contributed by atoms with Gasteiger partial charge in [-0.05, 0) is 29.8 Å². The van der Waals surface area contributed by atoms with E-state index in [4.69, 9.17) is 34.6 Å². The zero-order valence-corrected chi connectivity index (χ0v) is 19.7. The molecule has 3 heterocycles. The number of furan rings is 1. The molecule has 1 fully saturated rings. The van der Waals surface area contributed by atoms with Crippen molar-refractivity contribution in [3.63, 3.8) is 0 Å². The first-order valence-electron chi connectivity index (χ1n) is 10.9. The summed E-state index contributed by atoms with van der Waals surface area (Å²) in [6, 6.07) is 9.18. The molecule has 8 heteroatoms. The molecular weight excluding hydrogens is 458 g/mol. The molecule has 0 atom stereocenters. The maximum Gasteiger partial charge on any atom is 0.206 e. The molecule has 176 valence electrons. The van der Waals surface area contributed by atoms with Gasteiger partial charge in [0.05, 0.1) is 44.6 Å². The Hall–Kier alpha value is -3.26. The van der Waals surface area contributed by atoms with E-state index in [9.17, 15) is 4.79 Å². The minimum Gasteiger partial charge on any atom is -0.495 e. The van der Waals surface area contributed by atoms with Crippen molar-refractivity contribution in [1.82, 2.24) is 4.90 Å². The van der Waals surface area contributed by atoms with E-state index >= 15 is 0 Å². The molecule has 0 unspecified atom stereocenters. The van der Waals surface area contributed by atoms with Crippen molar-refractivity contribution < 1.29 is 23.0 Å². The number of nitrogens with zero attached hydrogens (tertiary/aromatic N) is 1. The van der Waals surface area contributed by atoms with Gasteiger partial charge in [-0.1, -0.05) is 29.8 Å². The van der Waals surface area contributed by atoms with Crippen LogP contribution in [-0.4, -0.2) is 45.4 Å². The van der Waals surface area contributed by atoms with Gasteiger partial charge in [-0.2, -0.15) is 0 Å². The van der Waals surface area contributed by atoms with Crippen molar-refractivity contribution in [2.24, 2.45) is 0 Å². The Morgan fingerprint density at radius 3 is 2.44 bits per heavy atom. The maximum atomic E-state index is 14.0. The minimum atomic E-state index is -0.165. The van der Waals surface area contributed by atoms with E-state index in [1.807, 2.05) is 30.3 Å². The summed E-state index contributed by atoms with van der Waals surface area (Å²) < 4.78 is 28.8. The molecule has 0 radical (unpaired) electrons. The molecule has 7 nitrogen and oxygen atoms in total. The third-order valence-electron chi connectivity index (χ3n) is 5.98. The standard InChI is InChI=1S/C26H24ClNO6/c1-30-23-18-9-12-33-24(18)26(31-2)25-21(23)22(29)19(15-28-10-13-32-14-11-28)20(34-25)8-5-16-3-6-17(27)7-4-16/h3-9,12H,10-11,13-15H2,1-2H3/b8-5+. The molecule has 0 bridgehead atoms. The SMILES string of the molecule is COc1c2occc2c(OC)c2c(=O)c(CN3CCOCC3)c(/C=C/c3ccc(Cl)cc3)oc12. The Bertz CT molecular complexity index is 1410. The van der Waals surface area contributed by atoms with Crippen molar-refractivity contribution in [3.8, 4) is 11.5 Å². The summed E-state index contributed by atoms with van der Waals surface area (Å²) in [5.74, 6) is 1.21. The molecular formula is C26H24ClNO6. The zero-order chi connectivity index (χ0) is 23.7. The zero-order valence-electron chi connectivity index (χ0n) is 18.9. The third kappa shape index (κ3) is 4.07. The summed E-state index contributed by atoms with van der Waals surface area (Å²) in [4.78, 5) is 16.1. The highest BCUT2D eigenvalue weighted by molar-refractivity contribution is 6.30. The molecule has 5 rings (SSSR count). The predicted molar refractivity (Wildman–Crippen MR) is 132 cm³/mol. The van der Waals surface area contributed by atoms with Crippen LogP contribution in [0.15, 0.2) is 50.2 Å². The van der Waals surface area contributed by atoms with Crippen LogP contribution < -0.4 is 14.9 Å². The summed E-state index contributed by atoms with van der Waals surface area (Å²) in [5, 5.41) is 1.64. The minimum absolute atomic E-state index is 0.165. The van der Waals surface area contributed by atoms with Crippen LogP contribution in [0, 0.1) is 0 Å². The van der Waals surface area contributed by atoms with Crippen molar-refractivity contribution in [1.29, 1.82) is 0 Å². The first-order chi connectivity index (χ1) is 16.6. The van der Waals surface area contributed by atoms with Gasteiger partial charge in [0, 0.05) is 24.7 Å². The molecule has 0 aliphatic carbocycles. The van der Waals surface area contributed by atoms with E-state index in [1.54, 1.807) is 12.1 Å². The van der Waals surface area contributed by atoms with Crippen molar-refractivity contribution in [3.05, 3.63) is 68.7 Å². The fraction of sp³-hybridized carbons (Fsp3) is 0.269. The Labute approximate surface area is 201 Å². The lowest BCUT2D eigenvalue weighted by atomic mass is 10.0. The van der Waals surface area contributed by atoms with Gasteiger partial charge in [0.2, 0.25) is 11.2 Å². The second-order valence-electron chi connectivity index (χ2n) is 7.98. The molecule has 34 heavy (non-hydrogen) atoms. The summed E-state index contributed by atoms with van der Waals surface area (Å²) in [7, 11) is 3.05. The molecule has 0 saturated carbocycles. The fourth-order valence-corrected chi connectivity index (χ4v) is 4.39. The normalized spacial score (nSPS) is 14.9. The lowest BCUT2D eigenvalue weighted by molar-refractivity contribution is 0.0338. The van der Waals surface area contributed by atoms with Crippen molar-refractivity contribution in [2.45, 2.75) is 6.54 Å². The number of rotatable bonds is 6. The van der Waals surface area contributed by atoms with E-state index in [0.717, 1.165) is 18.7 Å². The number of fused-ring (bicyclic) bond motifs is 2. The number of benzene rings is 2. The largest absolute Gasteiger partial charge is 0.495 e. The van der Waals surface area contributed by atoms with Crippen LogP contribution in [-0.2, 0) is 11.3 Å². The first-order valence-corrected chi connectivity index (χ1v) is 11.3. The van der Waals surface area contributed by atoms with E-state index in [2.05, 4.69) is 4.90 Å². The number of ether oxygens (including phenoxy) is 3. The van der Waals surface area contributed by atoms with Crippen LogP contribution in [0.4, 0.5) is 0 Å². The number of morpholine rings is 1. The van der Waals surface area contributed by atoms with Crippen molar-refractivity contribution in [2.75, 3.05) is 40.5 Å². The Morgan fingerprint density at radius 1 is 1.00 bits per heavy atom. The molecule has 0 spiro atoms.